The van der Waals surface area contributed by atoms with E-state index in [9.17, 15) is 9.59 Å². The van der Waals surface area contributed by atoms with Crippen molar-refractivity contribution in [2.24, 2.45) is 0 Å². The van der Waals surface area contributed by atoms with Gasteiger partial charge in [0, 0.05) is 28.4 Å². The fourth-order valence-electron chi connectivity index (χ4n) is 3.18. The van der Waals surface area contributed by atoms with E-state index >= 15 is 8.78 Å². The van der Waals surface area contributed by atoms with Crippen LogP contribution in [-0.2, 0) is 10.7 Å². The van der Waals surface area contributed by atoms with Crippen molar-refractivity contribution in [1.82, 2.24) is 4.98 Å². The number of para-hydroxylation sites is 1. The number of fused-ring (bicyclic) bond motifs is 1. The van der Waals surface area contributed by atoms with Gasteiger partial charge in [-0.2, -0.15) is 8.78 Å². The number of nitrogens with zero attached hydrogens (tertiary/aromatic N) is 1. The van der Waals surface area contributed by atoms with Gasteiger partial charge in [0.15, 0.2) is 0 Å². The molecule has 3 aromatic carbocycles. The molecule has 2 N–H and O–H groups in total. The summed E-state index contributed by atoms with van der Waals surface area (Å²) in [7, 11) is 0. The number of amides is 2. The number of benzene rings is 3. The zero-order valence-corrected chi connectivity index (χ0v) is 16.2. The normalized spacial score (nSPS) is 11.2. The molecule has 0 aliphatic heterocycles. The van der Waals surface area contributed by atoms with E-state index in [0.29, 0.717) is 5.56 Å². The third-order valence-corrected chi connectivity index (χ3v) is 4.71. The lowest BCUT2D eigenvalue weighted by Crippen LogP contribution is -2.32. The number of aromatic nitrogens is 1. The van der Waals surface area contributed by atoms with Crippen LogP contribution in [0.4, 0.5) is 20.2 Å². The molecule has 0 aliphatic carbocycles. The van der Waals surface area contributed by atoms with E-state index in [2.05, 4.69) is 15.6 Å². The maximum absolute atomic E-state index is 15.1. The number of alkyl halides is 2. The van der Waals surface area contributed by atoms with E-state index in [-0.39, 0.29) is 22.3 Å². The summed E-state index contributed by atoms with van der Waals surface area (Å²) < 4.78 is 30.2. The molecule has 0 unspecified atom stereocenters. The summed E-state index contributed by atoms with van der Waals surface area (Å²) in [4.78, 5) is 29.0. The molecule has 0 saturated carbocycles. The van der Waals surface area contributed by atoms with E-state index in [0.717, 1.165) is 6.07 Å². The first-order valence-corrected chi connectivity index (χ1v) is 9.46. The highest BCUT2D eigenvalue weighted by Crippen LogP contribution is 2.37. The Labute approximate surface area is 176 Å². The summed E-state index contributed by atoms with van der Waals surface area (Å²) in [6.07, 6.45) is 1.44. The monoisotopic (exact) mass is 417 g/mol. The molecular formula is C24H17F2N3O2. The van der Waals surface area contributed by atoms with Gasteiger partial charge in [-0.05, 0) is 42.5 Å². The van der Waals surface area contributed by atoms with Gasteiger partial charge in [0.2, 0.25) is 0 Å². The highest BCUT2D eigenvalue weighted by atomic mass is 19.3. The lowest BCUT2D eigenvalue weighted by atomic mass is 10.0. The molecule has 1 heterocycles. The number of rotatable bonds is 5. The zero-order chi connectivity index (χ0) is 21.8. The maximum Gasteiger partial charge on any atom is 0.350 e. The van der Waals surface area contributed by atoms with Gasteiger partial charge in [-0.3, -0.25) is 14.6 Å². The highest BCUT2D eigenvalue weighted by Gasteiger charge is 2.42. The van der Waals surface area contributed by atoms with Gasteiger partial charge in [0.05, 0.1) is 11.2 Å². The minimum absolute atomic E-state index is 0.0709. The van der Waals surface area contributed by atoms with E-state index in [4.69, 9.17) is 0 Å². The minimum Gasteiger partial charge on any atom is -0.321 e. The number of hydrogen-bond donors (Lipinski definition) is 2. The summed E-state index contributed by atoms with van der Waals surface area (Å²) in [5.74, 6) is -5.67. The predicted molar refractivity (Wildman–Crippen MR) is 115 cm³/mol. The van der Waals surface area contributed by atoms with Crippen molar-refractivity contribution in [1.29, 1.82) is 0 Å². The van der Waals surface area contributed by atoms with Gasteiger partial charge in [-0.25, -0.2) is 0 Å². The third-order valence-electron chi connectivity index (χ3n) is 4.71. The van der Waals surface area contributed by atoms with Gasteiger partial charge >= 0.3 is 5.92 Å². The van der Waals surface area contributed by atoms with Gasteiger partial charge < -0.3 is 10.6 Å². The van der Waals surface area contributed by atoms with E-state index < -0.39 is 23.3 Å². The van der Waals surface area contributed by atoms with Crippen LogP contribution in [0.15, 0.2) is 91.1 Å². The summed E-state index contributed by atoms with van der Waals surface area (Å²) in [5.41, 5.74) is 0.621. The number of nitrogens with one attached hydrogen (secondary N) is 2. The fraction of sp³-hybridized carbons (Fsp3) is 0.0417. The van der Waals surface area contributed by atoms with Crippen LogP contribution in [0.3, 0.4) is 0 Å². The Morgan fingerprint density at radius 2 is 1.45 bits per heavy atom. The fourth-order valence-corrected chi connectivity index (χ4v) is 3.18. The molecule has 7 heteroatoms. The van der Waals surface area contributed by atoms with E-state index in [1.165, 1.54) is 36.5 Å². The molecule has 0 saturated heterocycles. The topological polar surface area (TPSA) is 71.1 Å². The second-order valence-electron chi connectivity index (χ2n) is 6.77. The number of anilines is 2. The summed E-state index contributed by atoms with van der Waals surface area (Å²) in [5, 5.41) is 5.01. The van der Waals surface area contributed by atoms with Gasteiger partial charge in [0.1, 0.15) is 0 Å². The minimum atomic E-state index is -3.82. The summed E-state index contributed by atoms with van der Waals surface area (Å²) in [6, 6.07) is 22.0. The molecule has 5 nitrogen and oxygen atoms in total. The van der Waals surface area contributed by atoms with Crippen LogP contribution in [0, 0.1) is 0 Å². The van der Waals surface area contributed by atoms with Crippen LogP contribution in [-0.4, -0.2) is 16.8 Å². The second-order valence-corrected chi connectivity index (χ2v) is 6.77. The molecule has 4 aromatic rings. The molecule has 1 aromatic heterocycles. The number of carbonyl (C=O) groups excluding carboxylic acids is 2. The Hall–Kier alpha value is -4.13. The standard InChI is InChI=1S/C24H17F2N3O2/c25-24(26,23(31)28-17-10-5-2-6-11-17)19-13-14-20(21-18(19)12-7-15-27-21)29-22(30)16-8-3-1-4-9-16/h1-15H,(H,28,31)(H,29,30). The molecular weight excluding hydrogens is 400 g/mol. The molecule has 0 fully saturated rings. The van der Waals surface area contributed by atoms with Crippen molar-refractivity contribution in [3.8, 4) is 0 Å². The van der Waals surface area contributed by atoms with Crippen molar-refractivity contribution in [3.63, 3.8) is 0 Å². The first-order chi connectivity index (χ1) is 15.0. The molecule has 31 heavy (non-hydrogen) atoms. The Morgan fingerprint density at radius 3 is 2.16 bits per heavy atom. The van der Waals surface area contributed by atoms with Crippen LogP contribution in [0.25, 0.3) is 10.9 Å². The Kier molecular flexibility index (Phi) is 5.41. The van der Waals surface area contributed by atoms with Gasteiger partial charge in [0.25, 0.3) is 11.8 Å². The number of pyridine rings is 1. The summed E-state index contributed by atoms with van der Waals surface area (Å²) >= 11 is 0. The average Bonchev–Trinajstić information content (AvgIpc) is 2.80. The van der Waals surface area contributed by atoms with Gasteiger partial charge in [-0.1, -0.05) is 42.5 Å². The SMILES string of the molecule is O=C(Nc1ccc(C(F)(F)C(=O)Nc2ccccc2)c2cccnc12)c1ccccc1. The highest BCUT2D eigenvalue weighted by molar-refractivity contribution is 6.09. The van der Waals surface area contributed by atoms with E-state index in [1.54, 1.807) is 48.5 Å². The molecule has 0 atom stereocenters. The lowest BCUT2D eigenvalue weighted by molar-refractivity contribution is -0.140. The van der Waals surface area contributed by atoms with Crippen LogP contribution in [0.1, 0.15) is 15.9 Å². The molecule has 0 bridgehead atoms. The van der Waals surface area contributed by atoms with Crippen LogP contribution >= 0.6 is 0 Å². The quantitative estimate of drug-likeness (QED) is 0.468. The molecule has 154 valence electrons. The average molecular weight is 417 g/mol. The smallest absolute Gasteiger partial charge is 0.321 e. The lowest BCUT2D eigenvalue weighted by Gasteiger charge is -2.19. The molecule has 0 spiro atoms. The molecule has 0 aliphatic rings. The zero-order valence-electron chi connectivity index (χ0n) is 16.2. The Balaban J connectivity index is 1.69. The first kappa shape index (κ1) is 20.2. The molecule has 4 rings (SSSR count). The summed E-state index contributed by atoms with van der Waals surface area (Å²) in [6.45, 7) is 0. The number of carbonyl (C=O) groups is 2. The largest absolute Gasteiger partial charge is 0.350 e. The van der Waals surface area contributed by atoms with Crippen molar-refractivity contribution in [2.75, 3.05) is 10.6 Å². The predicted octanol–water partition coefficient (Wildman–Crippen LogP) is 5.22. The van der Waals surface area contributed by atoms with Crippen LogP contribution in [0.5, 0.6) is 0 Å². The second kappa shape index (κ2) is 8.31. The van der Waals surface area contributed by atoms with Crippen molar-refractivity contribution in [3.05, 3.63) is 102 Å². The number of halogens is 2. The van der Waals surface area contributed by atoms with Crippen molar-refractivity contribution < 1.29 is 18.4 Å². The maximum atomic E-state index is 15.1. The van der Waals surface area contributed by atoms with Crippen molar-refractivity contribution in [2.45, 2.75) is 5.92 Å². The van der Waals surface area contributed by atoms with Crippen LogP contribution in [0.2, 0.25) is 0 Å². The van der Waals surface area contributed by atoms with Crippen molar-refractivity contribution >= 4 is 34.1 Å². The van der Waals surface area contributed by atoms with E-state index in [1.807, 2.05) is 0 Å². The Bertz CT molecular complexity index is 1250. The van der Waals surface area contributed by atoms with Crippen LogP contribution < -0.4 is 10.6 Å². The third kappa shape index (κ3) is 4.11. The van der Waals surface area contributed by atoms with Gasteiger partial charge in [-0.15, -0.1) is 0 Å². The first-order valence-electron chi connectivity index (χ1n) is 9.46. The molecule has 2 amide bonds. The molecule has 0 radical (unpaired) electrons. The Morgan fingerprint density at radius 1 is 0.774 bits per heavy atom. The number of hydrogen-bond acceptors (Lipinski definition) is 3.